The standard InChI is InChI=1S/C15H18F2N2/c1-2-3-15(4-5-15)10-19-9-12-13(16)6-11(8-18)7-14(12)17/h6-7,19H,2-5,9-10H2,1H3. The third kappa shape index (κ3) is 3.30. The van der Waals surface area contributed by atoms with Crippen LogP contribution in [0.15, 0.2) is 12.1 Å². The second kappa shape index (κ2) is 5.66. The lowest BCUT2D eigenvalue weighted by molar-refractivity contribution is 0.414. The smallest absolute Gasteiger partial charge is 0.131 e. The van der Waals surface area contributed by atoms with Crippen LogP contribution in [0.4, 0.5) is 8.78 Å². The number of nitrogens with one attached hydrogen (secondary N) is 1. The minimum absolute atomic E-state index is 0.0170. The van der Waals surface area contributed by atoms with Gasteiger partial charge in [0.25, 0.3) is 0 Å². The fraction of sp³-hybridized carbons (Fsp3) is 0.533. The maximum atomic E-state index is 13.7. The van der Waals surface area contributed by atoms with E-state index in [2.05, 4.69) is 12.2 Å². The molecule has 1 aliphatic rings. The van der Waals surface area contributed by atoms with Crippen molar-refractivity contribution < 1.29 is 8.78 Å². The van der Waals surface area contributed by atoms with E-state index in [-0.39, 0.29) is 17.7 Å². The van der Waals surface area contributed by atoms with Crippen molar-refractivity contribution in [2.45, 2.75) is 39.2 Å². The fourth-order valence-electron chi connectivity index (χ4n) is 2.51. The molecule has 19 heavy (non-hydrogen) atoms. The average molecular weight is 264 g/mol. The van der Waals surface area contributed by atoms with Gasteiger partial charge in [0.2, 0.25) is 0 Å². The van der Waals surface area contributed by atoms with Crippen molar-refractivity contribution in [2.75, 3.05) is 6.54 Å². The molecule has 2 nitrogen and oxygen atoms in total. The number of benzene rings is 1. The van der Waals surface area contributed by atoms with Gasteiger partial charge in [-0.05, 0) is 36.8 Å². The van der Waals surface area contributed by atoms with Crippen LogP contribution in [0.2, 0.25) is 0 Å². The molecule has 1 saturated carbocycles. The van der Waals surface area contributed by atoms with Crippen molar-refractivity contribution in [1.29, 1.82) is 5.26 Å². The number of halogens is 2. The summed E-state index contributed by atoms with van der Waals surface area (Å²) in [6.07, 6.45) is 4.71. The van der Waals surface area contributed by atoms with Crippen molar-refractivity contribution in [3.63, 3.8) is 0 Å². The highest BCUT2D eigenvalue weighted by atomic mass is 19.1. The van der Waals surface area contributed by atoms with Crippen LogP contribution in [0.5, 0.6) is 0 Å². The van der Waals surface area contributed by atoms with E-state index in [0.29, 0.717) is 5.41 Å². The van der Waals surface area contributed by atoms with Crippen molar-refractivity contribution >= 4 is 0 Å². The minimum Gasteiger partial charge on any atom is -0.312 e. The Morgan fingerprint density at radius 3 is 2.42 bits per heavy atom. The predicted octanol–water partition coefficient (Wildman–Crippen LogP) is 3.51. The SMILES string of the molecule is CCCC1(CNCc2c(F)cc(C#N)cc2F)CC1. The Hall–Kier alpha value is -1.47. The van der Waals surface area contributed by atoms with Gasteiger partial charge < -0.3 is 5.32 Å². The van der Waals surface area contributed by atoms with Gasteiger partial charge >= 0.3 is 0 Å². The van der Waals surface area contributed by atoms with Crippen molar-refractivity contribution in [3.8, 4) is 6.07 Å². The predicted molar refractivity (Wildman–Crippen MR) is 69.4 cm³/mol. The van der Waals surface area contributed by atoms with Crippen LogP contribution in [0.25, 0.3) is 0 Å². The lowest BCUT2D eigenvalue weighted by Gasteiger charge is -2.15. The van der Waals surface area contributed by atoms with Crippen LogP contribution in [-0.4, -0.2) is 6.54 Å². The number of nitrogens with zero attached hydrogens (tertiary/aromatic N) is 1. The molecule has 102 valence electrons. The summed E-state index contributed by atoms with van der Waals surface area (Å²) in [4.78, 5) is 0. The van der Waals surface area contributed by atoms with E-state index in [1.807, 2.05) is 0 Å². The maximum Gasteiger partial charge on any atom is 0.131 e. The zero-order chi connectivity index (χ0) is 13.9. The summed E-state index contributed by atoms with van der Waals surface area (Å²) in [6.45, 7) is 3.13. The van der Waals surface area contributed by atoms with Gasteiger partial charge in [-0.1, -0.05) is 13.3 Å². The first-order valence-corrected chi connectivity index (χ1v) is 6.69. The molecule has 2 rings (SSSR count). The van der Waals surface area contributed by atoms with Crippen LogP contribution in [0, 0.1) is 28.4 Å². The van der Waals surface area contributed by atoms with Crippen LogP contribution < -0.4 is 5.32 Å². The zero-order valence-electron chi connectivity index (χ0n) is 11.1. The number of hydrogen-bond acceptors (Lipinski definition) is 2. The molecular weight excluding hydrogens is 246 g/mol. The van der Waals surface area contributed by atoms with Crippen LogP contribution in [0.1, 0.15) is 43.7 Å². The highest BCUT2D eigenvalue weighted by Crippen LogP contribution is 2.48. The Morgan fingerprint density at radius 2 is 1.95 bits per heavy atom. The van der Waals surface area contributed by atoms with Gasteiger partial charge in [-0.3, -0.25) is 0 Å². The van der Waals surface area contributed by atoms with E-state index >= 15 is 0 Å². The molecule has 0 amide bonds. The highest BCUT2D eigenvalue weighted by Gasteiger charge is 2.40. The maximum absolute atomic E-state index is 13.7. The average Bonchev–Trinajstić information content (AvgIpc) is 3.13. The highest BCUT2D eigenvalue weighted by molar-refractivity contribution is 5.34. The van der Waals surface area contributed by atoms with Gasteiger partial charge in [0, 0.05) is 18.7 Å². The van der Waals surface area contributed by atoms with Crippen LogP contribution in [-0.2, 0) is 6.54 Å². The molecule has 1 fully saturated rings. The zero-order valence-corrected chi connectivity index (χ0v) is 11.1. The molecule has 0 aromatic heterocycles. The summed E-state index contributed by atoms with van der Waals surface area (Å²) < 4.78 is 27.3. The summed E-state index contributed by atoms with van der Waals surface area (Å²) in [7, 11) is 0. The Bertz CT molecular complexity index is 478. The topological polar surface area (TPSA) is 35.8 Å². The molecule has 0 heterocycles. The number of nitriles is 1. The molecule has 1 aromatic carbocycles. The molecule has 4 heteroatoms. The molecule has 0 radical (unpaired) electrons. The molecule has 0 bridgehead atoms. The number of hydrogen-bond donors (Lipinski definition) is 1. The molecule has 1 N–H and O–H groups in total. The summed E-state index contributed by atoms with van der Waals surface area (Å²) >= 11 is 0. The summed E-state index contributed by atoms with van der Waals surface area (Å²) in [5.74, 6) is -1.30. The Labute approximate surface area is 112 Å². The third-order valence-electron chi connectivity index (χ3n) is 3.81. The van der Waals surface area contributed by atoms with Crippen LogP contribution >= 0.6 is 0 Å². The van der Waals surface area contributed by atoms with Crippen LogP contribution in [0.3, 0.4) is 0 Å². The Balaban J connectivity index is 1.95. The second-order valence-corrected chi connectivity index (χ2v) is 5.38. The van der Waals surface area contributed by atoms with Crippen molar-refractivity contribution in [2.24, 2.45) is 5.41 Å². The van der Waals surface area contributed by atoms with E-state index in [9.17, 15) is 8.78 Å². The first-order valence-electron chi connectivity index (χ1n) is 6.69. The van der Waals surface area contributed by atoms with Gasteiger partial charge in [0.1, 0.15) is 11.6 Å². The van der Waals surface area contributed by atoms with E-state index in [1.165, 1.54) is 19.3 Å². The van der Waals surface area contributed by atoms with Gasteiger partial charge in [-0.2, -0.15) is 5.26 Å². The first-order chi connectivity index (χ1) is 9.10. The second-order valence-electron chi connectivity index (χ2n) is 5.38. The summed E-state index contributed by atoms with van der Waals surface area (Å²) in [5, 5.41) is 11.8. The van der Waals surface area contributed by atoms with Gasteiger partial charge in [0.15, 0.2) is 0 Å². The quantitative estimate of drug-likeness (QED) is 0.853. The van der Waals surface area contributed by atoms with Gasteiger partial charge in [-0.15, -0.1) is 0 Å². The summed E-state index contributed by atoms with van der Waals surface area (Å²) in [5.41, 5.74) is 0.392. The molecule has 0 spiro atoms. The van der Waals surface area contributed by atoms with E-state index in [4.69, 9.17) is 5.26 Å². The largest absolute Gasteiger partial charge is 0.312 e. The minimum atomic E-state index is -0.649. The van der Waals surface area contributed by atoms with E-state index in [0.717, 1.165) is 25.1 Å². The van der Waals surface area contributed by atoms with Gasteiger partial charge in [0.05, 0.1) is 11.6 Å². The van der Waals surface area contributed by atoms with E-state index in [1.54, 1.807) is 6.07 Å². The molecule has 1 aliphatic carbocycles. The van der Waals surface area contributed by atoms with E-state index < -0.39 is 11.6 Å². The summed E-state index contributed by atoms with van der Waals surface area (Å²) in [6, 6.07) is 3.91. The first kappa shape index (κ1) is 14.0. The number of rotatable bonds is 6. The third-order valence-corrected chi connectivity index (χ3v) is 3.81. The fourth-order valence-corrected chi connectivity index (χ4v) is 2.51. The molecule has 0 saturated heterocycles. The van der Waals surface area contributed by atoms with Gasteiger partial charge in [-0.25, -0.2) is 8.78 Å². The van der Waals surface area contributed by atoms with Crippen molar-refractivity contribution in [1.82, 2.24) is 5.32 Å². The Kier molecular flexibility index (Phi) is 4.16. The molecule has 0 aliphatic heterocycles. The Morgan fingerprint density at radius 1 is 1.32 bits per heavy atom. The normalized spacial score (nSPS) is 16.1. The molecular formula is C15H18F2N2. The lowest BCUT2D eigenvalue weighted by Crippen LogP contribution is -2.24. The lowest BCUT2D eigenvalue weighted by atomic mass is 10.0. The molecule has 0 unspecified atom stereocenters. The molecule has 1 aromatic rings. The molecule has 0 atom stereocenters. The van der Waals surface area contributed by atoms with Crippen molar-refractivity contribution in [3.05, 3.63) is 34.9 Å². The monoisotopic (exact) mass is 264 g/mol.